The summed E-state index contributed by atoms with van der Waals surface area (Å²) in [5.74, 6) is 0.381. The van der Waals surface area contributed by atoms with E-state index < -0.39 is 0 Å². The second-order valence-electron chi connectivity index (χ2n) is 2.50. The molecule has 1 unspecified atom stereocenters. The normalized spacial score (nSPS) is 29.7. The molecule has 0 amide bonds. The lowest BCUT2D eigenvalue weighted by molar-refractivity contribution is 0.211. The predicted molar refractivity (Wildman–Crippen MR) is 52.6 cm³/mol. The van der Waals surface area contributed by atoms with Crippen molar-refractivity contribution < 1.29 is 4.84 Å². The van der Waals surface area contributed by atoms with Crippen LogP contribution in [0.1, 0.15) is 0 Å². The van der Waals surface area contributed by atoms with Crippen LogP contribution >= 0.6 is 22.9 Å². The van der Waals surface area contributed by atoms with Crippen LogP contribution in [-0.4, -0.2) is 35.6 Å². The monoisotopic (exact) mass is 269 g/mol. The lowest BCUT2D eigenvalue weighted by Gasteiger charge is -2.04. The Bertz CT molecular complexity index is 162. The first-order chi connectivity index (χ1) is 5.27. The van der Waals surface area contributed by atoms with Gasteiger partial charge in [0.05, 0.1) is 12.3 Å². The molecular formula is C6H12IN3O. The number of nitrogens with two attached hydrogens (primary N) is 1. The summed E-state index contributed by atoms with van der Waals surface area (Å²) in [4.78, 5) is 4.71. The molecule has 0 aromatic carbocycles. The first-order valence-electron chi connectivity index (χ1n) is 3.48. The molecule has 0 bridgehead atoms. The van der Waals surface area contributed by atoms with Gasteiger partial charge in [-0.15, -0.1) is 0 Å². The molecule has 2 N–H and O–H groups in total. The zero-order valence-electron chi connectivity index (χ0n) is 6.46. The van der Waals surface area contributed by atoms with Crippen molar-refractivity contribution in [3.63, 3.8) is 0 Å². The number of halogens is 1. The number of hydrogen-bond donors (Lipinski definition) is 1. The molecular weight excluding hydrogens is 257 g/mol. The summed E-state index contributed by atoms with van der Waals surface area (Å²) in [6, 6.07) is 0. The largest absolute Gasteiger partial charge is 0.399 e. The van der Waals surface area contributed by atoms with Gasteiger partial charge in [0, 0.05) is 41.9 Å². The fourth-order valence-electron chi connectivity index (χ4n) is 1.15. The number of nitrogens with zero attached hydrogens (tertiary/aromatic N) is 2. The average Bonchev–Trinajstić information content (AvgIpc) is 2.32. The van der Waals surface area contributed by atoms with Crippen molar-refractivity contribution in [2.45, 2.75) is 0 Å². The smallest absolute Gasteiger partial charge is 0.106 e. The predicted octanol–water partition coefficient (Wildman–Crippen LogP) is 0.229. The maximum Gasteiger partial charge on any atom is 0.106 e. The summed E-state index contributed by atoms with van der Waals surface area (Å²) in [7, 11) is 1.57. The van der Waals surface area contributed by atoms with Gasteiger partial charge in [-0.1, -0.05) is 5.16 Å². The van der Waals surface area contributed by atoms with Crippen molar-refractivity contribution >= 4 is 28.6 Å². The Hall–Kier alpha value is 0.120. The van der Waals surface area contributed by atoms with Gasteiger partial charge in [-0.05, 0) is 0 Å². The van der Waals surface area contributed by atoms with Crippen molar-refractivity contribution in [2.24, 2.45) is 16.8 Å². The van der Waals surface area contributed by atoms with Gasteiger partial charge in [0.25, 0.3) is 0 Å². The SMILES string of the molecule is CO/N=C1\CN(I)CC1CN. The standard InChI is InChI=1S/C6H12IN3O/c1-11-9-6-4-10(7)3-5(6)2-8/h5H,2-4,8H2,1H3/b9-6+. The maximum atomic E-state index is 5.55. The van der Waals surface area contributed by atoms with Gasteiger partial charge >= 0.3 is 0 Å². The van der Waals surface area contributed by atoms with E-state index in [0.717, 1.165) is 18.8 Å². The third-order valence-electron chi connectivity index (χ3n) is 1.72. The van der Waals surface area contributed by atoms with E-state index >= 15 is 0 Å². The molecule has 1 atom stereocenters. The van der Waals surface area contributed by atoms with Gasteiger partial charge in [-0.25, -0.2) is 3.11 Å². The average molecular weight is 269 g/mol. The van der Waals surface area contributed by atoms with Crippen LogP contribution in [0.2, 0.25) is 0 Å². The van der Waals surface area contributed by atoms with Gasteiger partial charge in [-0.3, -0.25) is 0 Å². The van der Waals surface area contributed by atoms with Crippen LogP contribution in [-0.2, 0) is 4.84 Å². The van der Waals surface area contributed by atoms with E-state index in [0.29, 0.717) is 12.5 Å². The fraction of sp³-hybridized carbons (Fsp3) is 0.833. The summed E-state index contributed by atoms with van der Waals surface area (Å²) < 4.78 is 2.16. The highest BCUT2D eigenvalue weighted by Gasteiger charge is 2.26. The van der Waals surface area contributed by atoms with Crippen LogP contribution < -0.4 is 5.73 Å². The maximum absolute atomic E-state index is 5.55. The Balaban J connectivity index is 2.57. The van der Waals surface area contributed by atoms with Crippen molar-refractivity contribution in [1.29, 1.82) is 0 Å². The molecule has 0 spiro atoms. The van der Waals surface area contributed by atoms with E-state index in [2.05, 4.69) is 31.1 Å². The van der Waals surface area contributed by atoms with Crippen molar-refractivity contribution in [3.8, 4) is 0 Å². The highest BCUT2D eigenvalue weighted by atomic mass is 127. The Morgan fingerprint density at radius 3 is 3.18 bits per heavy atom. The molecule has 1 rings (SSSR count). The van der Waals surface area contributed by atoms with Crippen LogP contribution in [0, 0.1) is 5.92 Å². The molecule has 1 aliphatic rings. The van der Waals surface area contributed by atoms with E-state index in [1.807, 2.05) is 0 Å². The van der Waals surface area contributed by atoms with Crippen LogP contribution in [0.3, 0.4) is 0 Å². The number of hydrogen-bond acceptors (Lipinski definition) is 4. The molecule has 5 heteroatoms. The molecule has 1 saturated heterocycles. The first-order valence-corrected chi connectivity index (χ1v) is 4.45. The molecule has 0 saturated carbocycles. The Labute approximate surface area is 80.2 Å². The third-order valence-corrected chi connectivity index (χ3v) is 2.45. The van der Waals surface area contributed by atoms with E-state index in [1.165, 1.54) is 0 Å². The van der Waals surface area contributed by atoms with Gasteiger partial charge in [-0.2, -0.15) is 0 Å². The van der Waals surface area contributed by atoms with Crippen molar-refractivity contribution in [1.82, 2.24) is 3.11 Å². The second kappa shape index (κ2) is 4.22. The Morgan fingerprint density at radius 2 is 2.64 bits per heavy atom. The minimum absolute atomic E-state index is 0.381. The third kappa shape index (κ3) is 2.28. The molecule has 0 aliphatic carbocycles. The topological polar surface area (TPSA) is 50.8 Å². The minimum atomic E-state index is 0.381. The highest BCUT2D eigenvalue weighted by molar-refractivity contribution is 14.1. The first kappa shape index (κ1) is 9.21. The van der Waals surface area contributed by atoms with Crippen LogP contribution in [0.4, 0.5) is 0 Å². The molecule has 0 aromatic rings. The van der Waals surface area contributed by atoms with Gasteiger partial charge in [0.2, 0.25) is 0 Å². The molecule has 4 nitrogen and oxygen atoms in total. The summed E-state index contributed by atoms with van der Waals surface area (Å²) in [5.41, 5.74) is 6.61. The van der Waals surface area contributed by atoms with E-state index in [1.54, 1.807) is 7.11 Å². The van der Waals surface area contributed by atoms with E-state index in [4.69, 9.17) is 10.6 Å². The minimum Gasteiger partial charge on any atom is -0.399 e. The van der Waals surface area contributed by atoms with Crippen molar-refractivity contribution in [3.05, 3.63) is 0 Å². The van der Waals surface area contributed by atoms with Crippen LogP contribution in [0.15, 0.2) is 5.16 Å². The summed E-state index contributed by atoms with van der Waals surface area (Å²) in [6.07, 6.45) is 0. The van der Waals surface area contributed by atoms with E-state index in [9.17, 15) is 0 Å². The molecule has 64 valence electrons. The van der Waals surface area contributed by atoms with Crippen LogP contribution in [0.25, 0.3) is 0 Å². The highest BCUT2D eigenvalue weighted by Crippen LogP contribution is 2.16. The molecule has 1 heterocycles. The van der Waals surface area contributed by atoms with E-state index in [-0.39, 0.29) is 0 Å². The molecule has 1 fully saturated rings. The molecule has 11 heavy (non-hydrogen) atoms. The second-order valence-corrected chi connectivity index (χ2v) is 3.87. The molecule has 1 aliphatic heterocycles. The number of oxime groups is 1. The zero-order valence-corrected chi connectivity index (χ0v) is 8.61. The quantitative estimate of drug-likeness (QED) is 0.443. The van der Waals surface area contributed by atoms with Gasteiger partial charge < -0.3 is 10.6 Å². The Kier molecular flexibility index (Phi) is 3.53. The van der Waals surface area contributed by atoms with Crippen LogP contribution in [0.5, 0.6) is 0 Å². The molecule has 0 radical (unpaired) electrons. The summed E-state index contributed by atoms with van der Waals surface area (Å²) in [6.45, 7) is 2.51. The Morgan fingerprint density at radius 1 is 1.91 bits per heavy atom. The lowest BCUT2D eigenvalue weighted by atomic mass is 10.1. The van der Waals surface area contributed by atoms with Crippen molar-refractivity contribution in [2.75, 3.05) is 26.7 Å². The fourth-order valence-corrected chi connectivity index (χ4v) is 1.97. The summed E-state index contributed by atoms with van der Waals surface area (Å²) >= 11 is 2.27. The van der Waals surface area contributed by atoms with Gasteiger partial charge in [0.15, 0.2) is 0 Å². The molecule has 0 aromatic heterocycles. The number of rotatable bonds is 2. The lowest BCUT2D eigenvalue weighted by Crippen LogP contribution is -2.22. The zero-order chi connectivity index (χ0) is 8.27. The van der Waals surface area contributed by atoms with Gasteiger partial charge in [0.1, 0.15) is 7.11 Å². The summed E-state index contributed by atoms with van der Waals surface area (Å²) in [5, 5.41) is 3.92.